The van der Waals surface area contributed by atoms with Crippen molar-refractivity contribution >= 4 is 0 Å². The van der Waals surface area contributed by atoms with E-state index < -0.39 is 23.5 Å². The highest BCUT2D eigenvalue weighted by Crippen LogP contribution is 2.40. The zero-order valence-electron chi connectivity index (χ0n) is 9.76. The third kappa shape index (κ3) is 2.92. The second kappa shape index (κ2) is 4.81. The zero-order chi connectivity index (χ0) is 15.0. The maximum absolute atomic E-state index is 12.9. The third-order valence-electron chi connectivity index (χ3n) is 2.62. The average Bonchev–Trinajstić information content (AvgIpc) is 2.37. The molecule has 0 radical (unpaired) electrons. The minimum Gasteiger partial charge on any atom is -0.264 e. The summed E-state index contributed by atoms with van der Waals surface area (Å²) in [5.74, 6) is 0. The van der Waals surface area contributed by atoms with E-state index in [1.165, 1.54) is 18.3 Å². The molecule has 0 fully saturated rings. The number of alkyl halides is 6. The van der Waals surface area contributed by atoms with E-state index in [2.05, 4.69) is 4.98 Å². The molecule has 2 rings (SSSR count). The first-order valence-electron chi connectivity index (χ1n) is 5.38. The van der Waals surface area contributed by atoms with E-state index in [1.807, 2.05) is 0 Å². The molecule has 0 aliphatic rings. The van der Waals surface area contributed by atoms with E-state index in [0.29, 0.717) is 6.07 Å². The summed E-state index contributed by atoms with van der Waals surface area (Å²) in [7, 11) is 0. The fraction of sp³-hybridized carbons (Fsp3) is 0.154. The van der Waals surface area contributed by atoms with Gasteiger partial charge in [0.25, 0.3) is 0 Å². The lowest BCUT2D eigenvalue weighted by molar-refractivity contribution is -0.142. The summed E-state index contributed by atoms with van der Waals surface area (Å²) < 4.78 is 76.3. The van der Waals surface area contributed by atoms with Crippen LogP contribution in [-0.4, -0.2) is 4.98 Å². The molecular weight excluding hydrogens is 284 g/mol. The molecule has 0 bridgehead atoms. The number of rotatable bonds is 1. The van der Waals surface area contributed by atoms with Crippen molar-refractivity contribution in [3.05, 3.63) is 53.9 Å². The quantitative estimate of drug-likeness (QED) is 0.689. The van der Waals surface area contributed by atoms with Gasteiger partial charge in [-0.25, -0.2) is 0 Å². The predicted molar refractivity (Wildman–Crippen MR) is 59.7 cm³/mol. The first-order valence-corrected chi connectivity index (χ1v) is 5.38. The van der Waals surface area contributed by atoms with Gasteiger partial charge < -0.3 is 0 Å². The molecule has 0 saturated heterocycles. The lowest BCUT2D eigenvalue weighted by atomic mass is 9.98. The number of halogens is 6. The molecule has 0 saturated carbocycles. The molecule has 1 heterocycles. The maximum atomic E-state index is 12.9. The molecular formula is C13H7F6N. The lowest BCUT2D eigenvalue weighted by Gasteiger charge is -2.15. The Morgan fingerprint density at radius 2 is 1.55 bits per heavy atom. The molecule has 0 atom stereocenters. The van der Waals surface area contributed by atoms with Crippen LogP contribution in [0.2, 0.25) is 0 Å². The van der Waals surface area contributed by atoms with Gasteiger partial charge in [-0.3, -0.25) is 4.98 Å². The van der Waals surface area contributed by atoms with Crippen molar-refractivity contribution < 1.29 is 26.3 Å². The summed E-state index contributed by atoms with van der Waals surface area (Å²) in [6.45, 7) is 0. The molecule has 2 aromatic rings. The monoisotopic (exact) mass is 291 g/mol. The summed E-state index contributed by atoms with van der Waals surface area (Å²) >= 11 is 0. The molecule has 1 aromatic heterocycles. The van der Waals surface area contributed by atoms with Gasteiger partial charge in [0.05, 0.1) is 11.1 Å². The number of nitrogens with zero attached hydrogens (tertiary/aromatic N) is 1. The lowest BCUT2D eigenvalue weighted by Crippen LogP contribution is -2.12. The standard InChI is InChI=1S/C13H7F6N/c14-12(15,16)9-3-4-10(8-2-1-5-20-7-8)11(6-9)13(17,18)19/h1-7H. The van der Waals surface area contributed by atoms with E-state index >= 15 is 0 Å². The van der Waals surface area contributed by atoms with E-state index in [-0.39, 0.29) is 17.2 Å². The third-order valence-corrected chi connectivity index (χ3v) is 2.62. The number of benzene rings is 1. The Bertz CT molecular complexity index is 600. The van der Waals surface area contributed by atoms with E-state index in [4.69, 9.17) is 0 Å². The van der Waals surface area contributed by atoms with Crippen molar-refractivity contribution in [1.29, 1.82) is 0 Å². The second-order valence-electron chi connectivity index (χ2n) is 4.00. The van der Waals surface area contributed by atoms with Crippen LogP contribution in [0.4, 0.5) is 26.3 Å². The van der Waals surface area contributed by atoms with Crippen molar-refractivity contribution in [2.45, 2.75) is 12.4 Å². The van der Waals surface area contributed by atoms with Gasteiger partial charge in [-0.2, -0.15) is 26.3 Å². The van der Waals surface area contributed by atoms with Crippen molar-refractivity contribution in [3.8, 4) is 11.1 Å². The predicted octanol–water partition coefficient (Wildman–Crippen LogP) is 4.79. The maximum Gasteiger partial charge on any atom is 0.417 e. The minimum absolute atomic E-state index is 0.105. The second-order valence-corrected chi connectivity index (χ2v) is 4.00. The molecule has 20 heavy (non-hydrogen) atoms. The van der Waals surface area contributed by atoms with Crippen LogP contribution in [0.5, 0.6) is 0 Å². The van der Waals surface area contributed by atoms with E-state index in [0.717, 1.165) is 12.3 Å². The smallest absolute Gasteiger partial charge is 0.264 e. The highest BCUT2D eigenvalue weighted by Gasteiger charge is 2.38. The number of hydrogen-bond acceptors (Lipinski definition) is 1. The van der Waals surface area contributed by atoms with Crippen LogP contribution < -0.4 is 0 Å². The SMILES string of the molecule is FC(F)(F)c1ccc(-c2cccnc2)c(C(F)(F)F)c1. The number of pyridine rings is 1. The zero-order valence-corrected chi connectivity index (χ0v) is 9.76. The van der Waals surface area contributed by atoms with E-state index in [9.17, 15) is 26.3 Å². The Labute approximate surface area is 109 Å². The van der Waals surface area contributed by atoms with Crippen molar-refractivity contribution in [2.24, 2.45) is 0 Å². The van der Waals surface area contributed by atoms with Crippen LogP contribution in [-0.2, 0) is 12.4 Å². The van der Waals surface area contributed by atoms with Crippen LogP contribution >= 0.6 is 0 Å². The molecule has 7 heteroatoms. The van der Waals surface area contributed by atoms with Crippen molar-refractivity contribution in [1.82, 2.24) is 4.98 Å². The van der Waals surface area contributed by atoms with Crippen molar-refractivity contribution in [3.63, 3.8) is 0 Å². The highest BCUT2D eigenvalue weighted by molar-refractivity contribution is 5.67. The Hall–Kier alpha value is -2.05. The Kier molecular flexibility index (Phi) is 3.45. The first-order chi connectivity index (χ1) is 9.19. The summed E-state index contributed by atoms with van der Waals surface area (Å²) in [6.07, 6.45) is -7.18. The largest absolute Gasteiger partial charge is 0.417 e. The molecule has 1 nitrogen and oxygen atoms in total. The van der Waals surface area contributed by atoms with E-state index in [1.54, 1.807) is 0 Å². The summed E-state index contributed by atoms with van der Waals surface area (Å²) in [4.78, 5) is 3.67. The van der Waals surface area contributed by atoms with Crippen LogP contribution in [0.15, 0.2) is 42.7 Å². The summed E-state index contributed by atoms with van der Waals surface area (Å²) in [5.41, 5.74) is -2.90. The van der Waals surface area contributed by atoms with Gasteiger partial charge in [0.1, 0.15) is 0 Å². The van der Waals surface area contributed by atoms with Crippen LogP contribution in [0, 0.1) is 0 Å². The van der Waals surface area contributed by atoms with Crippen LogP contribution in [0.1, 0.15) is 11.1 Å². The normalized spacial score (nSPS) is 12.5. The van der Waals surface area contributed by atoms with Gasteiger partial charge in [0, 0.05) is 18.0 Å². The van der Waals surface area contributed by atoms with Crippen molar-refractivity contribution in [2.75, 3.05) is 0 Å². The average molecular weight is 291 g/mol. The Morgan fingerprint density at radius 1 is 0.850 bits per heavy atom. The van der Waals surface area contributed by atoms with Gasteiger partial charge in [-0.05, 0) is 23.8 Å². The molecule has 0 spiro atoms. The molecule has 0 N–H and O–H groups in total. The molecule has 1 aromatic carbocycles. The van der Waals surface area contributed by atoms with Gasteiger partial charge >= 0.3 is 12.4 Å². The minimum atomic E-state index is -4.88. The van der Waals surface area contributed by atoms with Gasteiger partial charge in [0.2, 0.25) is 0 Å². The summed E-state index contributed by atoms with van der Waals surface area (Å²) in [6, 6.07) is 4.31. The first kappa shape index (κ1) is 14.4. The Morgan fingerprint density at radius 3 is 2.05 bits per heavy atom. The number of aromatic nitrogens is 1. The van der Waals surface area contributed by atoms with Gasteiger partial charge in [-0.1, -0.05) is 12.1 Å². The highest BCUT2D eigenvalue weighted by atomic mass is 19.4. The van der Waals surface area contributed by atoms with Crippen LogP contribution in [0.25, 0.3) is 11.1 Å². The fourth-order valence-corrected chi connectivity index (χ4v) is 1.73. The topological polar surface area (TPSA) is 12.9 Å². The summed E-state index contributed by atoms with van der Waals surface area (Å²) in [5, 5.41) is 0. The van der Waals surface area contributed by atoms with Gasteiger partial charge in [-0.15, -0.1) is 0 Å². The number of hydrogen-bond donors (Lipinski definition) is 0. The van der Waals surface area contributed by atoms with Gasteiger partial charge in [0.15, 0.2) is 0 Å². The molecule has 0 aliphatic heterocycles. The fourth-order valence-electron chi connectivity index (χ4n) is 1.73. The molecule has 0 aliphatic carbocycles. The molecule has 0 amide bonds. The molecule has 0 unspecified atom stereocenters. The molecule has 106 valence electrons. The van der Waals surface area contributed by atoms with Crippen LogP contribution in [0.3, 0.4) is 0 Å². The Balaban J connectivity index is 2.65.